The van der Waals surface area contributed by atoms with Crippen molar-refractivity contribution in [3.63, 3.8) is 0 Å². The molecule has 1 aromatic rings. The molecule has 0 saturated heterocycles. The van der Waals surface area contributed by atoms with Gasteiger partial charge in [0.2, 0.25) is 0 Å². The van der Waals surface area contributed by atoms with Crippen molar-refractivity contribution in [2.75, 3.05) is 6.61 Å². The van der Waals surface area contributed by atoms with Crippen LogP contribution >= 0.6 is 0 Å². The standard InChI is InChI=1S/C18H28O2/c1-4-11-20-17-9-7-15(8-10-17)18(19)16-6-5-13(2)14(3)12-16/h7-10,13-14,16,18-19H,4-6,11-12H2,1-3H3. The van der Waals surface area contributed by atoms with Gasteiger partial charge in [0.25, 0.3) is 0 Å². The number of benzene rings is 1. The van der Waals surface area contributed by atoms with E-state index in [4.69, 9.17) is 4.74 Å². The Morgan fingerprint density at radius 3 is 2.45 bits per heavy atom. The van der Waals surface area contributed by atoms with E-state index in [0.717, 1.165) is 49.0 Å². The fourth-order valence-electron chi connectivity index (χ4n) is 3.13. The summed E-state index contributed by atoms with van der Waals surface area (Å²) in [6, 6.07) is 7.98. The van der Waals surface area contributed by atoms with Gasteiger partial charge in [0, 0.05) is 0 Å². The first kappa shape index (κ1) is 15.4. The second kappa shape index (κ2) is 7.12. The molecule has 4 unspecified atom stereocenters. The number of ether oxygens (including phenoxy) is 1. The van der Waals surface area contributed by atoms with E-state index in [0.29, 0.717) is 5.92 Å². The molecule has 1 aliphatic carbocycles. The van der Waals surface area contributed by atoms with E-state index in [1.54, 1.807) is 0 Å². The van der Waals surface area contributed by atoms with Crippen LogP contribution in [0.25, 0.3) is 0 Å². The van der Waals surface area contributed by atoms with Gasteiger partial charge in [0.05, 0.1) is 12.7 Å². The van der Waals surface area contributed by atoms with Crippen molar-refractivity contribution in [1.29, 1.82) is 0 Å². The second-order valence-electron chi connectivity index (χ2n) is 6.39. The van der Waals surface area contributed by atoms with Crippen molar-refractivity contribution in [1.82, 2.24) is 0 Å². The maximum atomic E-state index is 10.6. The maximum Gasteiger partial charge on any atom is 0.119 e. The number of hydrogen-bond donors (Lipinski definition) is 1. The number of aliphatic hydroxyl groups is 1. The summed E-state index contributed by atoms with van der Waals surface area (Å²) in [6.07, 6.45) is 4.20. The van der Waals surface area contributed by atoms with Crippen molar-refractivity contribution in [2.24, 2.45) is 17.8 Å². The minimum absolute atomic E-state index is 0.329. The van der Waals surface area contributed by atoms with E-state index < -0.39 is 0 Å². The zero-order valence-corrected chi connectivity index (χ0v) is 13.0. The lowest BCUT2D eigenvalue weighted by atomic mass is 9.73. The molecule has 1 saturated carbocycles. The Morgan fingerprint density at radius 1 is 1.15 bits per heavy atom. The molecular formula is C18H28O2. The normalized spacial score (nSPS) is 28.1. The van der Waals surface area contributed by atoms with Crippen LogP contribution in [0.15, 0.2) is 24.3 Å². The Kier molecular flexibility index (Phi) is 5.47. The summed E-state index contributed by atoms with van der Waals surface area (Å²) in [5.41, 5.74) is 1.03. The maximum absolute atomic E-state index is 10.6. The van der Waals surface area contributed by atoms with Crippen LogP contribution < -0.4 is 4.74 Å². The minimum Gasteiger partial charge on any atom is -0.494 e. The molecule has 1 aliphatic rings. The summed E-state index contributed by atoms with van der Waals surface area (Å²) in [4.78, 5) is 0. The summed E-state index contributed by atoms with van der Waals surface area (Å²) in [5.74, 6) is 2.82. The molecule has 2 heteroatoms. The molecule has 2 nitrogen and oxygen atoms in total. The van der Waals surface area contributed by atoms with Gasteiger partial charge < -0.3 is 9.84 Å². The highest BCUT2D eigenvalue weighted by Crippen LogP contribution is 2.39. The first-order chi connectivity index (χ1) is 9.61. The molecule has 0 spiro atoms. The van der Waals surface area contributed by atoms with E-state index in [1.165, 1.54) is 6.42 Å². The highest BCUT2D eigenvalue weighted by molar-refractivity contribution is 5.28. The summed E-state index contributed by atoms with van der Waals surface area (Å²) in [7, 11) is 0. The number of hydrogen-bond acceptors (Lipinski definition) is 2. The van der Waals surface area contributed by atoms with Crippen LogP contribution in [0.1, 0.15) is 58.1 Å². The predicted octanol–water partition coefficient (Wildman–Crippen LogP) is 4.58. The fourth-order valence-corrected chi connectivity index (χ4v) is 3.13. The van der Waals surface area contributed by atoms with E-state index in [9.17, 15) is 5.11 Å². The highest BCUT2D eigenvalue weighted by Gasteiger charge is 2.29. The van der Waals surface area contributed by atoms with E-state index in [1.807, 2.05) is 24.3 Å². The smallest absolute Gasteiger partial charge is 0.119 e. The van der Waals surface area contributed by atoms with Crippen LogP contribution in [0, 0.1) is 17.8 Å². The summed E-state index contributed by atoms with van der Waals surface area (Å²) >= 11 is 0. The topological polar surface area (TPSA) is 29.5 Å². The first-order valence-corrected chi connectivity index (χ1v) is 8.02. The average Bonchev–Trinajstić information content (AvgIpc) is 2.48. The van der Waals surface area contributed by atoms with Gasteiger partial charge in [-0.1, -0.05) is 39.3 Å². The van der Waals surface area contributed by atoms with E-state index in [2.05, 4.69) is 20.8 Å². The molecule has 0 amide bonds. The molecule has 4 atom stereocenters. The van der Waals surface area contributed by atoms with Gasteiger partial charge in [-0.3, -0.25) is 0 Å². The molecule has 0 radical (unpaired) electrons. The van der Waals surface area contributed by atoms with Crippen molar-refractivity contribution in [3.8, 4) is 5.75 Å². The Bertz CT molecular complexity index is 398. The van der Waals surface area contributed by atoms with Crippen molar-refractivity contribution < 1.29 is 9.84 Å². The van der Waals surface area contributed by atoms with Gasteiger partial charge in [-0.2, -0.15) is 0 Å². The molecule has 1 fully saturated rings. The van der Waals surface area contributed by atoms with Crippen LogP contribution in [-0.4, -0.2) is 11.7 Å². The average molecular weight is 276 g/mol. The zero-order valence-electron chi connectivity index (χ0n) is 13.0. The first-order valence-electron chi connectivity index (χ1n) is 8.02. The van der Waals surface area contributed by atoms with E-state index in [-0.39, 0.29) is 6.10 Å². The zero-order chi connectivity index (χ0) is 14.5. The second-order valence-corrected chi connectivity index (χ2v) is 6.39. The van der Waals surface area contributed by atoms with Gasteiger partial charge in [-0.05, 0) is 54.7 Å². The van der Waals surface area contributed by atoms with Crippen molar-refractivity contribution >= 4 is 0 Å². The third kappa shape index (κ3) is 3.76. The van der Waals surface area contributed by atoms with Crippen molar-refractivity contribution in [2.45, 2.75) is 52.6 Å². The Labute approximate surface area is 123 Å². The third-order valence-electron chi connectivity index (χ3n) is 4.78. The van der Waals surface area contributed by atoms with Crippen LogP contribution in [0.5, 0.6) is 5.75 Å². The van der Waals surface area contributed by atoms with Crippen LogP contribution in [0.2, 0.25) is 0 Å². The number of rotatable bonds is 5. The van der Waals surface area contributed by atoms with Gasteiger partial charge >= 0.3 is 0 Å². The molecule has 0 aromatic heterocycles. The largest absolute Gasteiger partial charge is 0.494 e. The lowest BCUT2D eigenvalue weighted by molar-refractivity contribution is 0.0561. The molecule has 2 rings (SSSR count). The molecular weight excluding hydrogens is 248 g/mol. The van der Waals surface area contributed by atoms with E-state index >= 15 is 0 Å². The minimum atomic E-state index is -0.329. The van der Waals surface area contributed by atoms with Gasteiger partial charge in [-0.25, -0.2) is 0 Å². The fraction of sp³-hybridized carbons (Fsp3) is 0.667. The molecule has 0 aliphatic heterocycles. The highest BCUT2D eigenvalue weighted by atomic mass is 16.5. The Hall–Kier alpha value is -1.02. The molecule has 1 aromatic carbocycles. The monoisotopic (exact) mass is 276 g/mol. The quantitative estimate of drug-likeness (QED) is 0.853. The Morgan fingerprint density at radius 2 is 1.85 bits per heavy atom. The molecule has 112 valence electrons. The van der Waals surface area contributed by atoms with Crippen LogP contribution in [0.4, 0.5) is 0 Å². The predicted molar refractivity (Wildman–Crippen MR) is 82.9 cm³/mol. The summed E-state index contributed by atoms with van der Waals surface area (Å²) in [5, 5.41) is 10.6. The molecule has 0 bridgehead atoms. The van der Waals surface area contributed by atoms with Gasteiger partial charge in [0.1, 0.15) is 5.75 Å². The van der Waals surface area contributed by atoms with Gasteiger partial charge in [0.15, 0.2) is 0 Å². The Balaban J connectivity index is 1.96. The SMILES string of the molecule is CCCOc1ccc(C(O)C2CCC(C)C(C)C2)cc1. The molecule has 20 heavy (non-hydrogen) atoms. The summed E-state index contributed by atoms with van der Waals surface area (Å²) in [6.45, 7) is 7.49. The van der Waals surface area contributed by atoms with Gasteiger partial charge in [-0.15, -0.1) is 0 Å². The molecule has 0 heterocycles. The molecule has 1 N–H and O–H groups in total. The van der Waals surface area contributed by atoms with Crippen LogP contribution in [-0.2, 0) is 0 Å². The lowest BCUT2D eigenvalue weighted by Gasteiger charge is -2.34. The number of aliphatic hydroxyl groups excluding tert-OH is 1. The summed E-state index contributed by atoms with van der Waals surface area (Å²) < 4.78 is 5.58. The lowest BCUT2D eigenvalue weighted by Crippen LogP contribution is -2.25. The van der Waals surface area contributed by atoms with Crippen LogP contribution in [0.3, 0.4) is 0 Å². The third-order valence-corrected chi connectivity index (χ3v) is 4.78. The van der Waals surface area contributed by atoms with Crippen molar-refractivity contribution in [3.05, 3.63) is 29.8 Å².